The van der Waals surface area contributed by atoms with Gasteiger partial charge in [-0.3, -0.25) is 4.79 Å². The van der Waals surface area contributed by atoms with Crippen molar-refractivity contribution in [3.63, 3.8) is 0 Å². The van der Waals surface area contributed by atoms with Gasteiger partial charge in [0, 0.05) is 25.6 Å². The van der Waals surface area contributed by atoms with Gasteiger partial charge in [0.15, 0.2) is 0 Å². The van der Waals surface area contributed by atoms with Gasteiger partial charge in [-0.05, 0) is 30.7 Å². The molecule has 2 unspecified atom stereocenters. The maximum Gasteiger partial charge on any atom is 0.244 e. The van der Waals surface area contributed by atoms with E-state index in [4.69, 9.17) is 9.47 Å². The molecule has 5 heteroatoms. The van der Waals surface area contributed by atoms with E-state index in [0.29, 0.717) is 13.0 Å². The summed E-state index contributed by atoms with van der Waals surface area (Å²) in [5.41, 5.74) is -0.0638. The Hall–Kier alpha value is -1.85. The first-order valence-corrected chi connectivity index (χ1v) is 6.97. The molecule has 0 spiro atoms. The molecule has 1 amide bonds. The number of carbonyl (C=O) groups is 1. The van der Waals surface area contributed by atoms with E-state index in [0.717, 1.165) is 11.3 Å². The van der Waals surface area contributed by atoms with E-state index >= 15 is 0 Å². The average Bonchev–Trinajstić information content (AvgIpc) is 2.83. The van der Waals surface area contributed by atoms with Crippen LogP contribution in [0.2, 0.25) is 0 Å². The minimum absolute atomic E-state index is 0.194. The molecular formula is C16H21NO4. The highest BCUT2D eigenvalue weighted by atomic mass is 16.5. The van der Waals surface area contributed by atoms with Crippen LogP contribution in [-0.2, 0) is 9.53 Å². The molecule has 1 aromatic carbocycles. The summed E-state index contributed by atoms with van der Waals surface area (Å²) in [6, 6.07) is 7.39. The second-order valence-electron chi connectivity index (χ2n) is 5.19. The highest BCUT2D eigenvalue weighted by Crippen LogP contribution is 2.24. The van der Waals surface area contributed by atoms with Crippen LogP contribution in [0.1, 0.15) is 18.9 Å². The van der Waals surface area contributed by atoms with E-state index in [-0.39, 0.29) is 18.6 Å². The molecule has 1 aliphatic heterocycles. The Bertz CT molecular complexity index is 512. The van der Waals surface area contributed by atoms with Crippen molar-refractivity contribution >= 4 is 12.0 Å². The quantitative estimate of drug-likeness (QED) is 0.804. The first-order chi connectivity index (χ1) is 10.0. The Kier molecular flexibility index (Phi) is 4.98. The van der Waals surface area contributed by atoms with E-state index in [2.05, 4.69) is 5.32 Å². The highest BCUT2D eigenvalue weighted by Gasteiger charge is 2.39. The standard InChI is InChI=1S/C16H21NO4/c1-12-16(19,9-10-21-12)11-17-15(18)8-5-13-3-6-14(20-2)7-4-13/h3-8,12,19H,9-11H2,1-2H3,(H,17,18)/b8-5+. The van der Waals surface area contributed by atoms with Gasteiger partial charge in [-0.1, -0.05) is 12.1 Å². The third kappa shape index (κ3) is 4.06. The summed E-state index contributed by atoms with van der Waals surface area (Å²) in [4.78, 5) is 11.8. The lowest BCUT2D eigenvalue weighted by Crippen LogP contribution is -2.47. The largest absolute Gasteiger partial charge is 0.497 e. The van der Waals surface area contributed by atoms with Crippen molar-refractivity contribution in [3.8, 4) is 5.75 Å². The zero-order valence-electron chi connectivity index (χ0n) is 12.3. The van der Waals surface area contributed by atoms with E-state index in [1.807, 2.05) is 31.2 Å². The van der Waals surface area contributed by atoms with Gasteiger partial charge in [-0.2, -0.15) is 0 Å². The lowest BCUT2D eigenvalue weighted by Gasteiger charge is -2.25. The fourth-order valence-electron chi connectivity index (χ4n) is 2.19. The van der Waals surface area contributed by atoms with E-state index < -0.39 is 5.60 Å². The second-order valence-corrected chi connectivity index (χ2v) is 5.19. The number of ether oxygens (including phenoxy) is 2. The fourth-order valence-corrected chi connectivity index (χ4v) is 2.19. The molecule has 2 N–H and O–H groups in total. The number of aliphatic hydroxyl groups is 1. The molecule has 0 aromatic heterocycles. The summed E-state index contributed by atoms with van der Waals surface area (Å²) in [5.74, 6) is 0.535. The first kappa shape index (κ1) is 15.5. The zero-order valence-corrected chi connectivity index (χ0v) is 12.3. The molecular weight excluding hydrogens is 270 g/mol. The number of hydrogen-bond acceptors (Lipinski definition) is 4. The van der Waals surface area contributed by atoms with Crippen LogP contribution in [0.15, 0.2) is 30.3 Å². The molecule has 1 aromatic rings. The van der Waals surface area contributed by atoms with Crippen molar-refractivity contribution in [2.45, 2.75) is 25.0 Å². The Balaban J connectivity index is 1.84. The summed E-state index contributed by atoms with van der Waals surface area (Å²) < 4.78 is 10.4. The van der Waals surface area contributed by atoms with Gasteiger partial charge in [0.2, 0.25) is 5.91 Å². The Morgan fingerprint density at radius 1 is 1.52 bits per heavy atom. The second kappa shape index (κ2) is 6.74. The maximum absolute atomic E-state index is 11.8. The molecule has 0 aliphatic carbocycles. The number of hydrogen-bond donors (Lipinski definition) is 2. The van der Waals surface area contributed by atoms with Gasteiger partial charge in [-0.15, -0.1) is 0 Å². The van der Waals surface area contributed by atoms with Crippen LogP contribution < -0.4 is 10.1 Å². The Morgan fingerprint density at radius 3 is 2.81 bits per heavy atom. The minimum Gasteiger partial charge on any atom is -0.497 e. The van der Waals surface area contributed by atoms with Crippen molar-refractivity contribution in [2.24, 2.45) is 0 Å². The number of methoxy groups -OCH3 is 1. The number of nitrogens with one attached hydrogen (secondary N) is 1. The molecule has 21 heavy (non-hydrogen) atoms. The fraction of sp³-hybridized carbons (Fsp3) is 0.438. The van der Waals surface area contributed by atoms with E-state index in [1.165, 1.54) is 6.08 Å². The molecule has 5 nitrogen and oxygen atoms in total. The van der Waals surface area contributed by atoms with Gasteiger partial charge >= 0.3 is 0 Å². The summed E-state index contributed by atoms with van der Waals surface area (Å²) in [6.45, 7) is 2.53. The minimum atomic E-state index is -0.969. The molecule has 2 atom stereocenters. The smallest absolute Gasteiger partial charge is 0.244 e. The third-order valence-corrected chi connectivity index (χ3v) is 3.77. The van der Waals surface area contributed by atoms with Crippen molar-refractivity contribution in [2.75, 3.05) is 20.3 Å². The summed E-state index contributed by atoms with van der Waals surface area (Å²) in [6.07, 6.45) is 3.44. The van der Waals surface area contributed by atoms with E-state index in [9.17, 15) is 9.90 Å². The first-order valence-electron chi connectivity index (χ1n) is 6.97. The number of amides is 1. The molecule has 1 fully saturated rings. The molecule has 1 heterocycles. The van der Waals surface area contributed by atoms with Crippen LogP contribution in [0.5, 0.6) is 5.75 Å². The number of carbonyl (C=O) groups excluding carboxylic acids is 1. The molecule has 0 bridgehead atoms. The predicted molar refractivity (Wildman–Crippen MR) is 80.0 cm³/mol. The number of rotatable bonds is 5. The van der Waals surface area contributed by atoms with E-state index in [1.54, 1.807) is 13.2 Å². The van der Waals surface area contributed by atoms with Gasteiger partial charge in [0.1, 0.15) is 11.4 Å². The SMILES string of the molecule is COc1ccc(/C=C/C(=O)NCC2(O)CCOC2C)cc1. The predicted octanol–water partition coefficient (Wildman–Crippen LogP) is 1.36. The van der Waals surface area contributed by atoms with Crippen LogP contribution in [0.25, 0.3) is 6.08 Å². The van der Waals surface area contributed by atoms with Gasteiger partial charge < -0.3 is 19.9 Å². The van der Waals surface area contributed by atoms with Crippen LogP contribution in [0, 0.1) is 0 Å². The molecule has 1 aliphatic rings. The molecule has 0 saturated carbocycles. The van der Waals surface area contributed by atoms with Crippen molar-refractivity contribution < 1.29 is 19.4 Å². The maximum atomic E-state index is 11.8. The summed E-state index contributed by atoms with van der Waals surface area (Å²) >= 11 is 0. The molecule has 0 radical (unpaired) electrons. The van der Waals surface area contributed by atoms with Crippen LogP contribution in [-0.4, -0.2) is 43.0 Å². The lowest BCUT2D eigenvalue weighted by molar-refractivity contribution is -0.118. The van der Waals surface area contributed by atoms with Crippen molar-refractivity contribution in [1.29, 1.82) is 0 Å². The van der Waals surface area contributed by atoms with Crippen LogP contribution in [0.3, 0.4) is 0 Å². The van der Waals surface area contributed by atoms with Gasteiger partial charge in [-0.25, -0.2) is 0 Å². The molecule has 2 rings (SSSR count). The van der Waals surface area contributed by atoms with Crippen LogP contribution >= 0.6 is 0 Å². The summed E-state index contributed by atoms with van der Waals surface area (Å²) in [5, 5.41) is 13.0. The van der Waals surface area contributed by atoms with Crippen LogP contribution in [0.4, 0.5) is 0 Å². The molecule has 114 valence electrons. The molecule has 1 saturated heterocycles. The Morgan fingerprint density at radius 2 is 2.24 bits per heavy atom. The van der Waals surface area contributed by atoms with Gasteiger partial charge in [0.05, 0.1) is 13.2 Å². The zero-order chi connectivity index (χ0) is 15.3. The number of benzene rings is 1. The normalized spacial score (nSPS) is 25.2. The van der Waals surface area contributed by atoms with Crippen molar-refractivity contribution in [1.82, 2.24) is 5.32 Å². The monoisotopic (exact) mass is 291 g/mol. The summed E-state index contributed by atoms with van der Waals surface area (Å²) in [7, 11) is 1.61. The highest BCUT2D eigenvalue weighted by molar-refractivity contribution is 5.91. The third-order valence-electron chi connectivity index (χ3n) is 3.77. The average molecular weight is 291 g/mol. The van der Waals surface area contributed by atoms with Gasteiger partial charge in [0.25, 0.3) is 0 Å². The Labute approximate surface area is 124 Å². The topological polar surface area (TPSA) is 67.8 Å². The lowest BCUT2D eigenvalue weighted by atomic mass is 9.97. The van der Waals surface area contributed by atoms with Crippen molar-refractivity contribution in [3.05, 3.63) is 35.9 Å².